The number of amides is 2. The predicted molar refractivity (Wildman–Crippen MR) is 140 cm³/mol. The van der Waals surface area contributed by atoms with E-state index in [-0.39, 0.29) is 43.7 Å². The minimum Gasteiger partial charge on any atom is -0.354 e. The van der Waals surface area contributed by atoms with Gasteiger partial charge in [0.05, 0.1) is 11.9 Å². The van der Waals surface area contributed by atoms with Gasteiger partial charge in [-0.05, 0) is 61.2 Å². The quantitative estimate of drug-likeness (QED) is 0.412. The summed E-state index contributed by atoms with van der Waals surface area (Å²) in [7, 11) is -3.63. The smallest absolute Gasteiger partial charge is 0.242 e. The normalized spacial score (nSPS) is 12.3. The zero-order valence-corrected chi connectivity index (χ0v) is 22.9. The molecule has 10 heteroatoms. The van der Waals surface area contributed by atoms with E-state index in [2.05, 4.69) is 21.2 Å². The van der Waals surface area contributed by atoms with Crippen LogP contribution >= 0.6 is 15.9 Å². The summed E-state index contributed by atoms with van der Waals surface area (Å²) in [6.45, 7) is 6.46. The van der Waals surface area contributed by atoms with E-state index in [0.29, 0.717) is 12.2 Å². The van der Waals surface area contributed by atoms with Gasteiger partial charge in [0, 0.05) is 30.5 Å². The lowest BCUT2D eigenvalue weighted by Gasteiger charge is -2.29. The number of carbonyl (C=O) groups is 2. The van der Waals surface area contributed by atoms with Crippen molar-refractivity contribution in [3.8, 4) is 0 Å². The largest absolute Gasteiger partial charge is 0.354 e. The molecule has 7 nitrogen and oxygen atoms in total. The standard InChI is InChI=1S/C25H33BrFN3O4S/c1-18(2)16-28-25(32)19(3)29(17-20-7-5-8-21(26)15-20)24(31)9-6-14-30(35(4,33)34)23-12-10-22(27)11-13-23/h5,7-8,10-13,15,18-19H,6,9,14,16-17H2,1-4H3,(H,28,32). The van der Waals surface area contributed by atoms with Crippen molar-refractivity contribution in [3.63, 3.8) is 0 Å². The van der Waals surface area contributed by atoms with E-state index < -0.39 is 21.9 Å². The van der Waals surface area contributed by atoms with E-state index in [1.807, 2.05) is 38.1 Å². The summed E-state index contributed by atoms with van der Waals surface area (Å²) in [6.07, 6.45) is 1.35. The van der Waals surface area contributed by atoms with Crippen molar-refractivity contribution in [1.29, 1.82) is 0 Å². The highest BCUT2D eigenvalue weighted by Crippen LogP contribution is 2.20. The van der Waals surface area contributed by atoms with Gasteiger partial charge >= 0.3 is 0 Å². The first-order valence-electron chi connectivity index (χ1n) is 11.4. The molecule has 192 valence electrons. The molecule has 1 atom stereocenters. The zero-order chi connectivity index (χ0) is 26.2. The van der Waals surface area contributed by atoms with E-state index in [4.69, 9.17) is 0 Å². The van der Waals surface area contributed by atoms with Crippen LogP contribution in [0.5, 0.6) is 0 Å². The number of nitrogens with zero attached hydrogens (tertiary/aromatic N) is 2. The first-order valence-corrected chi connectivity index (χ1v) is 14.1. The second-order valence-electron chi connectivity index (χ2n) is 8.88. The molecule has 0 aliphatic heterocycles. The molecule has 2 amide bonds. The summed E-state index contributed by atoms with van der Waals surface area (Å²) >= 11 is 3.43. The van der Waals surface area contributed by atoms with Gasteiger partial charge in [0.25, 0.3) is 0 Å². The van der Waals surface area contributed by atoms with Crippen LogP contribution in [0.4, 0.5) is 10.1 Å². The van der Waals surface area contributed by atoms with Gasteiger partial charge < -0.3 is 10.2 Å². The molecule has 0 aromatic heterocycles. The second kappa shape index (κ2) is 13.0. The average molecular weight is 571 g/mol. The first-order chi connectivity index (χ1) is 16.4. The van der Waals surface area contributed by atoms with Crippen molar-refractivity contribution in [3.05, 3.63) is 64.4 Å². The van der Waals surface area contributed by atoms with Crippen LogP contribution in [0.2, 0.25) is 0 Å². The molecule has 1 N–H and O–H groups in total. The third kappa shape index (κ3) is 9.25. The Bertz CT molecular complexity index is 1110. The highest BCUT2D eigenvalue weighted by Gasteiger charge is 2.26. The second-order valence-corrected chi connectivity index (χ2v) is 11.7. The van der Waals surface area contributed by atoms with Gasteiger partial charge in [0.1, 0.15) is 11.9 Å². The molecule has 0 saturated heterocycles. The average Bonchev–Trinajstić information content (AvgIpc) is 2.78. The van der Waals surface area contributed by atoms with Gasteiger partial charge in [0.2, 0.25) is 21.8 Å². The van der Waals surface area contributed by atoms with Crippen LogP contribution in [-0.4, -0.2) is 50.5 Å². The molecule has 1 unspecified atom stereocenters. The van der Waals surface area contributed by atoms with Crippen LogP contribution in [0.3, 0.4) is 0 Å². The van der Waals surface area contributed by atoms with Gasteiger partial charge in [-0.1, -0.05) is 41.9 Å². The van der Waals surface area contributed by atoms with Crippen molar-refractivity contribution in [1.82, 2.24) is 10.2 Å². The van der Waals surface area contributed by atoms with Gasteiger partial charge in [-0.25, -0.2) is 12.8 Å². The molecule has 2 rings (SSSR count). The fourth-order valence-electron chi connectivity index (χ4n) is 3.48. The molecule has 0 radical (unpaired) electrons. The molecular formula is C25H33BrFN3O4S. The summed E-state index contributed by atoms with van der Waals surface area (Å²) in [6, 6.07) is 12.0. The van der Waals surface area contributed by atoms with Gasteiger partial charge in [-0.3, -0.25) is 13.9 Å². The molecule has 0 saturated carbocycles. The lowest BCUT2D eigenvalue weighted by molar-refractivity contribution is -0.140. The van der Waals surface area contributed by atoms with Crippen LogP contribution in [0, 0.1) is 11.7 Å². The maximum Gasteiger partial charge on any atom is 0.242 e. The molecule has 0 spiro atoms. The van der Waals surface area contributed by atoms with Gasteiger partial charge in [0.15, 0.2) is 0 Å². The number of rotatable bonds is 12. The predicted octanol–water partition coefficient (Wildman–Crippen LogP) is 4.32. The summed E-state index contributed by atoms with van der Waals surface area (Å²) in [5.41, 5.74) is 1.19. The molecule has 2 aromatic rings. The Balaban J connectivity index is 2.15. The lowest BCUT2D eigenvalue weighted by atomic mass is 10.1. The molecule has 0 aliphatic carbocycles. The number of halogens is 2. The Morgan fingerprint density at radius 3 is 2.31 bits per heavy atom. The van der Waals surface area contributed by atoms with Crippen LogP contribution in [0.15, 0.2) is 53.0 Å². The minimum absolute atomic E-state index is 0.0447. The highest BCUT2D eigenvalue weighted by atomic mass is 79.9. The molecular weight excluding hydrogens is 537 g/mol. The SMILES string of the molecule is CC(C)CNC(=O)C(C)N(Cc1cccc(Br)c1)C(=O)CCCN(c1ccc(F)cc1)S(C)(=O)=O. The number of benzene rings is 2. The molecule has 2 aromatic carbocycles. The lowest BCUT2D eigenvalue weighted by Crippen LogP contribution is -2.48. The number of nitrogens with one attached hydrogen (secondary N) is 1. The summed E-state index contributed by atoms with van der Waals surface area (Å²) < 4.78 is 39.9. The van der Waals surface area contributed by atoms with Crippen molar-refractivity contribution in [2.45, 2.75) is 46.2 Å². The van der Waals surface area contributed by atoms with Crippen LogP contribution in [-0.2, 0) is 26.2 Å². The number of carbonyl (C=O) groups excluding carboxylic acids is 2. The maximum atomic E-state index is 13.3. The summed E-state index contributed by atoms with van der Waals surface area (Å²) in [5, 5.41) is 2.87. The summed E-state index contributed by atoms with van der Waals surface area (Å²) in [4.78, 5) is 27.5. The fraction of sp³-hybridized carbons (Fsp3) is 0.440. The van der Waals surface area contributed by atoms with Crippen LogP contribution < -0.4 is 9.62 Å². The third-order valence-corrected chi connectivity index (χ3v) is 7.05. The van der Waals surface area contributed by atoms with Crippen molar-refractivity contribution in [2.75, 3.05) is 23.7 Å². The van der Waals surface area contributed by atoms with E-state index in [1.54, 1.807) is 6.92 Å². The third-order valence-electron chi connectivity index (χ3n) is 5.36. The molecule has 0 fully saturated rings. The molecule has 35 heavy (non-hydrogen) atoms. The number of hydrogen-bond acceptors (Lipinski definition) is 4. The minimum atomic E-state index is -3.63. The molecule has 0 heterocycles. The summed E-state index contributed by atoms with van der Waals surface area (Å²) in [5.74, 6) is -0.699. The number of sulfonamides is 1. The van der Waals surface area contributed by atoms with Crippen molar-refractivity contribution in [2.24, 2.45) is 5.92 Å². The van der Waals surface area contributed by atoms with Crippen molar-refractivity contribution >= 4 is 43.5 Å². The molecule has 0 bridgehead atoms. The Morgan fingerprint density at radius 2 is 1.74 bits per heavy atom. The maximum absolute atomic E-state index is 13.3. The topological polar surface area (TPSA) is 86.8 Å². The number of hydrogen-bond donors (Lipinski definition) is 1. The van der Waals surface area contributed by atoms with Crippen LogP contribution in [0.25, 0.3) is 0 Å². The van der Waals surface area contributed by atoms with Gasteiger partial charge in [-0.2, -0.15) is 0 Å². The van der Waals surface area contributed by atoms with Gasteiger partial charge in [-0.15, -0.1) is 0 Å². The highest BCUT2D eigenvalue weighted by molar-refractivity contribution is 9.10. The van der Waals surface area contributed by atoms with E-state index in [9.17, 15) is 22.4 Å². The Morgan fingerprint density at radius 1 is 1.09 bits per heavy atom. The van der Waals surface area contributed by atoms with E-state index in [1.165, 1.54) is 29.2 Å². The first kappa shape index (κ1) is 28.8. The van der Waals surface area contributed by atoms with Crippen molar-refractivity contribution < 1.29 is 22.4 Å². The Kier molecular flexibility index (Phi) is 10.7. The van der Waals surface area contributed by atoms with E-state index >= 15 is 0 Å². The Labute approximate surface area is 215 Å². The zero-order valence-electron chi connectivity index (χ0n) is 20.5. The molecule has 0 aliphatic rings. The van der Waals surface area contributed by atoms with E-state index in [0.717, 1.165) is 20.6 Å². The Hall–Kier alpha value is -2.46. The monoisotopic (exact) mass is 569 g/mol. The van der Waals surface area contributed by atoms with Crippen LogP contribution in [0.1, 0.15) is 39.2 Å². The number of anilines is 1. The fourth-order valence-corrected chi connectivity index (χ4v) is 4.89.